The van der Waals surface area contributed by atoms with Gasteiger partial charge in [0.05, 0.1) is 0 Å². The van der Waals surface area contributed by atoms with E-state index >= 15 is 0 Å². The fourth-order valence-corrected chi connectivity index (χ4v) is 1.13. The highest BCUT2D eigenvalue weighted by Gasteiger charge is 2.35. The van der Waals surface area contributed by atoms with E-state index in [1.54, 1.807) is 0 Å². The van der Waals surface area contributed by atoms with Gasteiger partial charge in [-0.2, -0.15) is 13.2 Å². The molecule has 74 valence electrons. The molecule has 0 aromatic carbocycles. The maximum absolute atomic E-state index is 12.1. The third-order valence-electron chi connectivity index (χ3n) is 1.88. The van der Waals surface area contributed by atoms with Crippen LogP contribution in [0.1, 0.15) is 6.42 Å². The summed E-state index contributed by atoms with van der Waals surface area (Å²) in [5, 5.41) is 0. The van der Waals surface area contributed by atoms with Gasteiger partial charge in [0.2, 0.25) is 0 Å². The summed E-state index contributed by atoms with van der Waals surface area (Å²) >= 11 is 0. The number of nitrogens with zero attached hydrogens (tertiary/aromatic N) is 1. The van der Waals surface area contributed by atoms with Crippen molar-refractivity contribution in [2.75, 3.05) is 13.1 Å². The highest BCUT2D eigenvalue weighted by atomic mass is 19.4. The minimum absolute atomic E-state index is 0.0423. The fraction of sp³-hybridized carbons (Fsp3) is 0.571. The molecule has 2 amide bonds. The van der Waals surface area contributed by atoms with Gasteiger partial charge in [0.15, 0.2) is 0 Å². The minimum Gasteiger partial charge on any atom is -0.351 e. The molecule has 1 rings (SSSR count). The van der Waals surface area contributed by atoms with Gasteiger partial charge < -0.3 is 10.6 Å². The molecule has 1 aliphatic heterocycles. The summed E-state index contributed by atoms with van der Waals surface area (Å²) in [4.78, 5) is 11.7. The van der Waals surface area contributed by atoms with Crippen molar-refractivity contribution < 1.29 is 18.0 Å². The smallest absolute Gasteiger partial charge is 0.351 e. The summed E-state index contributed by atoms with van der Waals surface area (Å²) in [6.07, 6.45) is -3.45. The second kappa shape index (κ2) is 3.27. The van der Waals surface area contributed by atoms with Crippen molar-refractivity contribution >= 4 is 6.03 Å². The number of carbonyl (C=O) groups excluding carboxylic acids is 1. The van der Waals surface area contributed by atoms with Gasteiger partial charge in [0, 0.05) is 18.7 Å². The van der Waals surface area contributed by atoms with Crippen LogP contribution in [0.4, 0.5) is 18.0 Å². The van der Waals surface area contributed by atoms with E-state index in [0.717, 1.165) is 11.0 Å². The second-order valence-corrected chi connectivity index (χ2v) is 2.76. The largest absolute Gasteiger partial charge is 0.412 e. The lowest BCUT2D eigenvalue weighted by Crippen LogP contribution is -2.40. The monoisotopic (exact) mass is 194 g/mol. The SMILES string of the molecule is NC(=O)N1CC=C(C(F)(F)F)CC1. The van der Waals surface area contributed by atoms with Crippen LogP contribution in [0.15, 0.2) is 11.6 Å². The third-order valence-corrected chi connectivity index (χ3v) is 1.88. The molecule has 1 aliphatic rings. The van der Waals surface area contributed by atoms with Gasteiger partial charge >= 0.3 is 12.2 Å². The van der Waals surface area contributed by atoms with Gasteiger partial charge in [0.25, 0.3) is 0 Å². The van der Waals surface area contributed by atoms with Crippen LogP contribution < -0.4 is 5.73 Å². The summed E-state index contributed by atoms with van der Waals surface area (Å²) in [5.74, 6) is 0. The van der Waals surface area contributed by atoms with Crippen molar-refractivity contribution in [2.45, 2.75) is 12.6 Å². The number of amides is 2. The molecule has 0 atom stereocenters. The van der Waals surface area contributed by atoms with Crippen molar-refractivity contribution in [3.8, 4) is 0 Å². The molecule has 0 spiro atoms. The summed E-state index contributed by atoms with van der Waals surface area (Å²) in [6, 6.07) is -0.683. The van der Waals surface area contributed by atoms with Crippen LogP contribution in [-0.4, -0.2) is 30.2 Å². The number of rotatable bonds is 0. The van der Waals surface area contributed by atoms with Crippen LogP contribution >= 0.6 is 0 Å². The Kier molecular flexibility index (Phi) is 2.49. The van der Waals surface area contributed by atoms with Gasteiger partial charge in [-0.3, -0.25) is 0 Å². The molecule has 13 heavy (non-hydrogen) atoms. The van der Waals surface area contributed by atoms with E-state index in [1.165, 1.54) is 0 Å². The Morgan fingerprint density at radius 2 is 2.15 bits per heavy atom. The van der Waals surface area contributed by atoms with Crippen LogP contribution in [0.2, 0.25) is 0 Å². The Bertz CT molecular complexity index is 247. The molecule has 1 heterocycles. The maximum Gasteiger partial charge on any atom is 0.412 e. The zero-order valence-electron chi connectivity index (χ0n) is 6.77. The molecule has 3 nitrogen and oxygen atoms in total. The van der Waals surface area contributed by atoms with Gasteiger partial charge in [-0.15, -0.1) is 0 Å². The second-order valence-electron chi connectivity index (χ2n) is 2.76. The van der Waals surface area contributed by atoms with Crippen molar-refractivity contribution in [3.63, 3.8) is 0 Å². The quantitative estimate of drug-likeness (QED) is 0.580. The summed E-state index contributed by atoms with van der Waals surface area (Å²) < 4.78 is 36.2. The Balaban J connectivity index is 2.63. The predicted molar refractivity (Wildman–Crippen MR) is 39.9 cm³/mol. The van der Waals surface area contributed by atoms with E-state index in [-0.39, 0.29) is 19.5 Å². The molecule has 6 heteroatoms. The van der Waals surface area contributed by atoms with E-state index < -0.39 is 17.8 Å². The molecule has 2 N–H and O–H groups in total. The standard InChI is InChI=1S/C7H9F3N2O/c8-7(9,10)5-1-3-12(4-2-5)6(11)13/h1H,2-4H2,(H2,11,13). The molecular weight excluding hydrogens is 185 g/mol. The van der Waals surface area contributed by atoms with E-state index in [4.69, 9.17) is 5.73 Å². The Labute approximate surface area is 73.0 Å². The molecule has 0 saturated heterocycles. The molecule has 0 aromatic heterocycles. The lowest BCUT2D eigenvalue weighted by atomic mass is 10.1. The zero-order chi connectivity index (χ0) is 10.1. The highest BCUT2D eigenvalue weighted by molar-refractivity contribution is 5.72. The van der Waals surface area contributed by atoms with Crippen molar-refractivity contribution in [2.24, 2.45) is 5.73 Å². The molecule has 0 radical (unpaired) electrons. The van der Waals surface area contributed by atoms with Crippen LogP contribution in [0.25, 0.3) is 0 Å². The normalized spacial score (nSPS) is 18.4. The first-order chi connectivity index (χ1) is 5.91. The highest BCUT2D eigenvalue weighted by Crippen LogP contribution is 2.29. The number of halogens is 3. The van der Waals surface area contributed by atoms with E-state index in [2.05, 4.69) is 0 Å². The summed E-state index contributed by atoms with van der Waals surface area (Å²) in [7, 11) is 0. The average Bonchev–Trinajstić information content (AvgIpc) is 2.03. The maximum atomic E-state index is 12.1. The average molecular weight is 194 g/mol. The molecule has 0 bridgehead atoms. The summed E-state index contributed by atoms with van der Waals surface area (Å²) in [5.41, 5.74) is 4.32. The number of urea groups is 1. The number of nitrogens with two attached hydrogens (primary N) is 1. The number of hydrogen-bond acceptors (Lipinski definition) is 1. The molecule has 0 unspecified atom stereocenters. The zero-order valence-corrected chi connectivity index (χ0v) is 6.77. The molecule has 0 aromatic rings. The Morgan fingerprint density at radius 1 is 1.54 bits per heavy atom. The number of carbonyl (C=O) groups is 1. The van der Waals surface area contributed by atoms with Crippen LogP contribution in [0.3, 0.4) is 0 Å². The van der Waals surface area contributed by atoms with E-state index in [9.17, 15) is 18.0 Å². The van der Waals surface area contributed by atoms with Gasteiger partial charge in [-0.05, 0) is 6.42 Å². The predicted octanol–water partition coefficient (Wildman–Crippen LogP) is 1.26. The van der Waals surface area contributed by atoms with E-state index in [1.807, 2.05) is 0 Å². The summed E-state index contributed by atoms with van der Waals surface area (Å²) in [6.45, 7) is -0.00907. The molecular formula is C7H9F3N2O. The van der Waals surface area contributed by atoms with Crippen molar-refractivity contribution in [1.29, 1.82) is 0 Å². The molecule has 0 saturated carbocycles. The van der Waals surface area contributed by atoms with Gasteiger partial charge in [0.1, 0.15) is 0 Å². The lowest BCUT2D eigenvalue weighted by Gasteiger charge is -2.25. The van der Waals surface area contributed by atoms with Crippen LogP contribution in [-0.2, 0) is 0 Å². The first-order valence-electron chi connectivity index (χ1n) is 3.72. The fourth-order valence-electron chi connectivity index (χ4n) is 1.13. The van der Waals surface area contributed by atoms with Crippen molar-refractivity contribution in [3.05, 3.63) is 11.6 Å². The Hall–Kier alpha value is -1.20. The molecule has 0 aliphatic carbocycles. The number of alkyl halides is 3. The third kappa shape index (κ3) is 2.37. The number of hydrogen-bond donors (Lipinski definition) is 1. The lowest BCUT2D eigenvalue weighted by molar-refractivity contribution is -0.0956. The Morgan fingerprint density at radius 3 is 2.46 bits per heavy atom. The topological polar surface area (TPSA) is 46.3 Å². The van der Waals surface area contributed by atoms with Gasteiger partial charge in [-0.1, -0.05) is 6.08 Å². The van der Waals surface area contributed by atoms with E-state index in [0.29, 0.717) is 0 Å². The first kappa shape index (κ1) is 9.88. The van der Waals surface area contributed by atoms with Gasteiger partial charge in [-0.25, -0.2) is 4.79 Å². The van der Waals surface area contributed by atoms with Crippen LogP contribution in [0.5, 0.6) is 0 Å². The van der Waals surface area contributed by atoms with Crippen LogP contribution in [0, 0.1) is 0 Å². The number of primary amides is 1. The first-order valence-corrected chi connectivity index (χ1v) is 3.72. The molecule has 0 fully saturated rings. The van der Waals surface area contributed by atoms with Crippen molar-refractivity contribution in [1.82, 2.24) is 4.90 Å². The minimum atomic E-state index is -4.27.